The van der Waals surface area contributed by atoms with Gasteiger partial charge in [-0.05, 0) is 6.08 Å². The predicted octanol–water partition coefficient (Wildman–Crippen LogP) is 2.56. The van der Waals surface area contributed by atoms with Crippen molar-refractivity contribution in [3.8, 4) is 6.07 Å². The molecule has 1 N–H and O–H groups in total. The fourth-order valence-corrected chi connectivity index (χ4v) is 2.18. The van der Waals surface area contributed by atoms with Crippen molar-refractivity contribution < 1.29 is 9.90 Å². The highest BCUT2D eigenvalue weighted by Gasteiger charge is 2.76. The van der Waals surface area contributed by atoms with E-state index in [4.69, 9.17) is 33.6 Å². The number of carbonyl (C=O) groups is 1. The zero-order valence-electron chi connectivity index (χ0n) is 7.71. The van der Waals surface area contributed by atoms with Gasteiger partial charge in [0.05, 0.1) is 6.07 Å². The number of nitrogens with zero attached hydrogens (tertiary/aromatic N) is 1. The van der Waals surface area contributed by atoms with Crippen molar-refractivity contribution in [1.82, 2.24) is 0 Å². The van der Waals surface area contributed by atoms with E-state index in [0.29, 0.717) is 0 Å². The van der Waals surface area contributed by atoms with Gasteiger partial charge in [0.1, 0.15) is 4.49 Å². The number of hydrogen-bond donors (Lipinski definition) is 1. The highest BCUT2D eigenvalue weighted by molar-refractivity contribution is 6.55. The van der Waals surface area contributed by atoms with Gasteiger partial charge in [-0.3, -0.25) is 4.79 Å². The average molecular weight is 234 g/mol. The molecule has 2 atom stereocenters. The number of hydrogen-bond acceptors (Lipinski definition) is 2. The molecule has 0 bridgehead atoms. The Bertz CT molecular complexity index is 352. The molecular weight excluding hydrogens is 225 g/mol. The van der Waals surface area contributed by atoms with Crippen LogP contribution in [0.15, 0.2) is 10.6 Å². The molecule has 5 heteroatoms. The number of rotatable bonds is 2. The maximum Gasteiger partial charge on any atom is 0.325 e. The molecule has 1 aliphatic carbocycles. The van der Waals surface area contributed by atoms with Crippen LogP contribution in [0, 0.1) is 28.1 Å². The van der Waals surface area contributed by atoms with E-state index in [1.165, 1.54) is 6.08 Å². The third-order valence-corrected chi connectivity index (χ3v) is 3.24. The van der Waals surface area contributed by atoms with E-state index >= 15 is 0 Å². The minimum absolute atomic E-state index is 0.00134. The number of nitriles is 1. The fraction of sp³-hybridized carbons (Fsp3) is 0.556. The summed E-state index contributed by atoms with van der Waals surface area (Å²) in [7, 11) is 0. The van der Waals surface area contributed by atoms with Crippen LogP contribution in [-0.4, -0.2) is 11.1 Å². The Hall–Kier alpha value is -0.720. The van der Waals surface area contributed by atoms with Crippen molar-refractivity contribution in [3.05, 3.63) is 10.6 Å². The van der Waals surface area contributed by atoms with Crippen molar-refractivity contribution in [3.63, 3.8) is 0 Å². The fourth-order valence-electron chi connectivity index (χ4n) is 1.93. The number of carboxylic acids is 1. The molecule has 0 spiro atoms. The van der Waals surface area contributed by atoms with Crippen molar-refractivity contribution in [2.75, 3.05) is 0 Å². The lowest BCUT2D eigenvalue weighted by molar-refractivity contribution is -0.142. The summed E-state index contributed by atoms with van der Waals surface area (Å²) in [5, 5.41) is 17.9. The van der Waals surface area contributed by atoms with Gasteiger partial charge in [0.2, 0.25) is 0 Å². The van der Waals surface area contributed by atoms with Gasteiger partial charge in [-0.15, -0.1) is 0 Å². The zero-order chi connectivity index (χ0) is 11.1. The topological polar surface area (TPSA) is 61.1 Å². The number of aliphatic carboxylic acids is 1. The lowest BCUT2D eigenvalue weighted by atomic mass is 9.98. The van der Waals surface area contributed by atoms with Crippen LogP contribution in [0.3, 0.4) is 0 Å². The highest BCUT2D eigenvalue weighted by Crippen LogP contribution is 2.69. The SMILES string of the molecule is CC1(C)[C@H](C=C(Cl)Cl)[C@@]1(C#N)C(=O)O. The first-order chi connectivity index (χ1) is 6.30. The Labute approximate surface area is 91.9 Å². The van der Waals surface area contributed by atoms with Crippen LogP contribution in [0.5, 0.6) is 0 Å². The summed E-state index contributed by atoms with van der Waals surface area (Å²) in [6, 6.07) is 1.84. The normalized spacial score (nSPS) is 32.9. The molecule has 0 heterocycles. The van der Waals surface area contributed by atoms with Gasteiger partial charge in [-0.2, -0.15) is 5.26 Å². The molecule has 0 radical (unpaired) electrons. The third kappa shape index (κ3) is 1.22. The smallest absolute Gasteiger partial charge is 0.325 e. The Morgan fingerprint density at radius 1 is 1.57 bits per heavy atom. The van der Waals surface area contributed by atoms with Crippen molar-refractivity contribution in [2.24, 2.45) is 16.7 Å². The minimum atomic E-state index is -1.39. The Balaban J connectivity index is 3.12. The Morgan fingerprint density at radius 2 is 2.07 bits per heavy atom. The van der Waals surface area contributed by atoms with E-state index in [2.05, 4.69) is 0 Å². The van der Waals surface area contributed by atoms with Gasteiger partial charge in [-0.1, -0.05) is 37.0 Å². The van der Waals surface area contributed by atoms with Gasteiger partial charge in [-0.25, -0.2) is 0 Å². The van der Waals surface area contributed by atoms with E-state index in [0.717, 1.165) is 0 Å². The summed E-state index contributed by atoms with van der Waals surface area (Å²) >= 11 is 10.9. The molecule has 14 heavy (non-hydrogen) atoms. The molecule has 1 rings (SSSR count). The van der Waals surface area contributed by atoms with Gasteiger partial charge < -0.3 is 5.11 Å². The number of carboxylic acid groups (broad SMARTS) is 1. The number of halogens is 2. The Kier molecular flexibility index (Phi) is 2.55. The van der Waals surface area contributed by atoms with E-state index in [-0.39, 0.29) is 4.49 Å². The zero-order valence-corrected chi connectivity index (χ0v) is 9.23. The molecule has 3 nitrogen and oxygen atoms in total. The van der Waals surface area contributed by atoms with Gasteiger partial charge in [0.15, 0.2) is 5.41 Å². The molecule has 0 aliphatic heterocycles. The summed E-state index contributed by atoms with van der Waals surface area (Å²) < 4.78 is 0.00134. The summed E-state index contributed by atoms with van der Waals surface area (Å²) in [6.45, 7) is 3.42. The first-order valence-corrected chi connectivity index (χ1v) is 4.73. The molecule has 1 saturated carbocycles. The quantitative estimate of drug-likeness (QED) is 0.798. The lowest BCUT2D eigenvalue weighted by Gasteiger charge is -2.03. The summed E-state index contributed by atoms with van der Waals surface area (Å²) in [6.07, 6.45) is 1.42. The summed E-state index contributed by atoms with van der Waals surface area (Å²) in [5.74, 6) is -1.55. The molecule has 1 aliphatic rings. The van der Waals surface area contributed by atoms with Crippen LogP contribution in [0.2, 0.25) is 0 Å². The molecule has 0 amide bonds. The second kappa shape index (κ2) is 3.15. The van der Waals surface area contributed by atoms with Crippen LogP contribution in [0.1, 0.15) is 13.8 Å². The lowest BCUT2D eigenvalue weighted by Crippen LogP contribution is -2.19. The minimum Gasteiger partial charge on any atom is -0.480 e. The molecule has 0 aromatic rings. The van der Waals surface area contributed by atoms with Crippen LogP contribution in [0.25, 0.3) is 0 Å². The maximum atomic E-state index is 11.0. The summed E-state index contributed by atoms with van der Waals surface area (Å²) in [4.78, 5) is 11.0. The second-order valence-electron chi connectivity index (χ2n) is 3.88. The monoisotopic (exact) mass is 233 g/mol. The molecule has 0 aromatic heterocycles. The standard InChI is InChI=1S/C9H9Cl2NO2/c1-8(2)5(3-6(10)11)9(8,4-12)7(13)14/h3,5H,1-2H3,(H,13,14)/t5-,9-/m0/s1. The van der Waals surface area contributed by atoms with Gasteiger partial charge in [0.25, 0.3) is 0 Å². The van der Waals surface area contributed by atoms with E-state index in [1.54, 1.807) is 13.8 Å². The summed E-state index contributed by atoms with van der Waals surface area (Å²) in [5.41, 5.74) is -2.01. The molecule has 76 valence electrons. The molecule has 0 unspecified atom stereocenters. The van der Waals surface area contributed by atoms with Crippen molar-refractivity contribution in [2.45, 2.75) is 13.8 Å². The molecule has 0 aromatic carbocycles. The average Bonchev–Trinajstić information content (AvgIpc) is 2.48. The maximum absolute atomic E-state index is 11.0. The predicted molar refractivity (Wildman–Crippen MR) is 52.7 cm³/mol. The van der Waals surface area contributed by atoms with Crippen LogP contribution >= 0.6 is 23.2 Å². The van der Waals surface area contributed by atoms with Crippen molar-refractivity contribution in [1.29, 1.82) is 5.26 Å². The first-order valence-electron chi connectivity index (χ1n) is 3.98. The number of allylic oxidation sites excluding steroid dienone is 1. The highest BCUT2D eigenvalue weighted by atomic mass is 35.5. The van der Waals surface area contributed by atoms with E-state index in [1.807, 2.05) is 6.07 Å². The van der Waals surface area contributed by atoms with E-state index in [9.17, 15) is 4.79 Å². The van der Waals surface area contributed by atoms with Crippen molar-refractivity contribution >= 4 is 29.2 Å². The first kappa shape index (κ1) is 11.4. The van der Waals surface area contributed by atoms with Gasteiger partial charge >= 0.3 is 5.97 Å². The molecule has 0 saturated heterocycles. The third-order valence-electron chi connectivity index (χ3n) is 2.98. The van der Waals surface area contributed by atoms with Crippen LogP contribution < -0.4 is 0 Å². The largest absolute Gasteiger partial charge is 0.480 e. The van der Waals surface area contributed by atoms with Crippen LogP contribution in [0.4, 0.5) is 0 Å². The van der Waals surface area contributed by atoms with Gasteiger partial charge in [0, 0.05) is 11.3 Å². The molecule has 1 fully saturated rings. The van der Waals surface area contributed by atoms with E-state index < -0.39 is 22.7 Å². The second-order valence-corrected chi connectivity index (χ2v) is 4.89. The van der Waals surface area contributed by atoms with Crippen LogP contribution in [-0.2, 0) is 4.79 Å². The molecular formula is C9H9Cl2NO2. The Morgan fingerprint density at radius 3 is 2.29 bits per heavy atom.